The van der Waals surface area contributed by atoms with Crippen LogP contribution in [0.5, 0.6) is 0 Å². The number of rotatable bonds is 8. The highest BCUT2D eigenvalue weighted by Crippen LogP contribution is 2.28. The molecule has 1 saturated carbocycles. The molecule has 2 amide bonds. The first kappa shape index (κ1) is 17.4. The van der Waals surface area contributed by atoms with Gasteiger partial charge in [0.2, 0.25) is 11.8 Å². The van der Waals surface area contributed by atoms with Gasteiger partial charge in [0.1, 0.15) is 9.88 Å². The number of carboxylic acids is 1. The van der Waals surface area contributed by atoms with Crippen LogP contribution in [0.15, 0.2) is 0 Å². The maximum atomic E-state index is 11.9. The van der Waals surface area contributed by atoms with Gasteiger partial charge in [-0.1, -0.05) is 0 Å². The Labute approximate surface area is 138 Å². The van der Waals surface area contributed by atoms with E-state index in [9.17, 15) is 14.4 Å². The van der Waals surface area contributed by atoms with E-state index in [4.69, 9.17) is 5.11 Å². The summed E-state index contributed by atoms with van der Waals surface area (Å²) < 4.78 is 0. The van der Waals surface area contributed by atoms with E-state index in [2.05, 4.69) is 15.6 Å². The van der Waals surface area contributed by atoms with Crippen LogP contribution in [0.4, 0.5) is 0 Å². The molecule has 1 fully saturated rings. The van der Waals surface area contributed by atoms with Gasteiger partial charge >= 0.3 is 5.97 Å². The molecule has 1 aromatic heterocycles. The minimum atomic E-state index is -1.00. The van der Waals surface area contributed by atoms with Crippen LogP contribution >= 0.6 is 11.3 Å². The van der Waals surface area contributed by atoms with Gasteiger partial charge in [-0.15, -0.1) is 11.3 Å². The van der Waals surface area contributed by atoms with Crippen molar-refractivity contribution in [3.05, 3.63) is 15.6 Å². The number of hydrogen-bond acceptors (Lipinski definition) is 5. The lowest BCUT2D eigenvalue weighted by atomic mass is 10.2. The predicted octanol–water partition coefficient (Wildman–Crippen LogP) is 1.63. The molecule has 1 unspecified atom stereocenters. The molecule has 1 atom stereocenters. The minimum Gasteiger partial charge on any atom is -0.477 e. The van der Waals surface area contributed by atoms with Gasteiger partial charge in [0.25, 0.3) is 0 Å². The van der Waals surface area contributed by atoms with E-state index >= 15 is 0 Å². The van der Waals surface area contributed by atoms with Crippen LogP contribution in [0.3, 0.4) is 0 Å². The van der Waals surface area contributed by atoms with E-state index in [1.54, 1.807) is 13.8 Å². The summed E-state index contributed by atoms with van der Waals surface area (Å²) >= 11 is 1.08. The topological polar surface area (TPSA) is 108 Å². The molecule has 0 aliphatic heterocycles. The van der Waals surface area contributed by atoms with Gasteiger partial charge in [-0.2, -0.15) is 0 Å². The molecule has 8 heteroatoms. The van der Waals surface area contributed by atoms with Gasteiger partial charge < -0.3 is 15.7 Å². The molecule has 0 bridgehead atoms. The van der Waals surface area contributed by atoms with Gasteiger partial charge in [-0.25, -0.2) is 9.78 Å². The number of hydrogen-bond donors (Lipinski definition) is 3. The van der Waals surface area contributed by atoms with Crippen LogP contribution in [0.25, 0.3) is 0 Å². The maximum Gasteiger partial charge on any atom is 0.347 e. The molecule has 1 heterocycles. The highest BCUT2D eigenvalue weighted by atomic mass is 32.1. The number of nitrogens with zero attached hydrogens (tertiary/aromatic N) is 1. The lowest BCUT2D eigenvalue weighted by Gasteiger charge is -2.11. The van der Waals surface area contributed by atoms with Crippen molar-refractivity contribution in [1.82, 2.24) is 15.6 Å². The molecule has 1 aliphatic rings. The second kappa shape index (κ2) is 7.54. The Morgan fingerprint density at radius 1 is 1.39 bits per heavy atom. The van der Waals surface area contributed by atoms with Crippen molar-refractivity contribution < 1.29 is 19.5 Å². The van der Waals surface area contributed by atoms with Crippen molar-refractivity contribution >= 4 is 29.1 Å². The quantitative estimate of drug-likeness (QED) is 0.624. The molecule has 3 N–H and O–H groups in total. The van der Waals surface area contributed by atoms with Crippen LogP contribution in [0.2, 0.25) is 0 Å². The SMILES string of the molecule is Cc1nc(C(C)NC(=O)CCCNC(=O)C2CC2)sc1C(=O)O. The highest BCUT2D eigenvalue weighted by molar-refractivity contribution is 7.13. The Balaban J connectivity index is 1.72. The van der Waals surface area contributed by atoms with E-state index in [0.717, 1.165) is 24.2 Å². The molecule has 0 spiro atoms. The molecule has 0 aromatic carbocycles. The Hall–Kier alpha value is -1.96. The minimum absolute atomic E-state index is 0.0817. The molecule has 0 saturated heterocycles. The first-order valence-corrected chi connectivity index (χ1v) is 8.47. The zero-order valence-electron chi connectivity index (χ0n) is 13.2. The smallest absolute Gasteiger partial charge is 0.347 e. The highest BCUT2D eigenvalue weighted by Gasteiger charge is 2.29. The first-order chi connectivity index (χ1) is 10.9. The molecule has 1 aromatic rings. The number of aromatic nitrogens is 1. The fraction of sp³-hybridized carbons (Fsp3) is 0.600. The molecular weight excluding hydrogens is 318 g/mol. The zero-order valence-corrected chi connectivity index (χ0v) is 14.0. The summed E-state index contributed by atoms with van der Waals surface area (Å²) in [4.78, 5) is 38.7. The average molecular weight is 339 g/mol. The van der Waals surface area contributed by atoms with Crippen molar-refractivity contribution in [1.29, 1.82) is 0 Å². The van der Waals surface area contributed by atoms with Crippen LogP contribution in [-0.4, -0.2) is 34.4 Å². The second-order valence-corrected chi connectivity index (χ2v) is 6.76. The third kappa shape index (κ3) is 5.02. The van der Waals surface area contributed by atoms with E-state index in [0.29, 0.717) is 30.1 Å². The molecule has 7 nitrogen and oxygen atoms in total. The van der Waals surface area contributed by atoms with Crippen molar-refractivity contribution in [2.24, 2.45) is 5.92 Å². The Morgan fingerprint density at radius 2 is 2.09 bits per heavy atom. The van der Waals surface area contributed by atoms with Crippen LogP contribution < -0.4 is 10.6 Å². The van der Waals surface area contributed by atoms with E-state index in [1.807, 2.05) is 0 Å². The normalized spacial score (nSPS) is 15.0. The summed E-state index contributed by atoms with van der Waals surface area (Å²) in [6.45, 7) is 3.91. The summed E-state index contributed by atoms with van der Waals surface area (Å²) in [6, 6.07) is -0.333. The van der Waals surface area contributed by atoms with E-state index in [1.165, 1.54) is 0 Å². The number of amides is 2. The van der Waals surface area contributed by atoms with Crippen molar-refractivity contribution in [2.45, 2.75) is 45.6 Å². The van der Waals surface area contributed by atoms with Crippen LogP contribution in [0.1, 0.15) is 59.0 Å². The molecule has 23 heavy (non-hydrogen) atoms. The largest absolute Gasteiger partial charge is 0.477 e. The predicted molar refractivity (Wildman–Crippen MR) is 85.3 cm³/mol. The molecule has 126 valence electrons. The Bertz CT molecular complexity index is 610. The fourth-order valence-electron chi connectivity index (χ4n) is 2.13. The Kier molecular flexibility index (Phi) is 5.70. The maximum absolute atomic E-state index is 11.9. The monoisotopic (exact) mass is 339 g/mol. The molecule has 2 rings (SSSR count). The second-order valence-electron chi connectivity index (χ2n) is 5.73. The van der Waals surface area contributed by atoms with Gasteiger partial charge in [0.05, 0.1) is 11.7 Å². The van der Waals surface area contributed by atoms with Gasteiger partial charge in [-0.3, -0.25) is 9.59 Å². The number of aryl methyl sites for hydroxylation is 1. The summed E-state index contributed by atoms with van der Waals surface area (Å²) in [6.07, 6.45) is 2.82. The number of carbonyl (C=O) groups excluding carboxylic acids is 2. The van der Waals surface area contributed by atoms with Gasteiger partial charge in [0.15, 0.2) is 0 Å². The molecular formula is C15H21N3O4S. The zero-order chi connectivity index (χ0) is 17.0. The summed E-state index contributed by atoms with van der Waals surface area (Å²) in [5.74, 6) is -0.877. The molecule has 0 radical (unpaired) electrons. The van der Waals surface area contributed by atoms with Crippen molar-refractivity contribution in [3.63, 3.8) is 0 Å². The summed E-state index contributed by atoms with van der Waals surface area (Å²) in [5.41, 5.74) is 0.460. The number of nitrogens with one attached hydrogen (secondary N) is 2. The van der Waals surface area contributed by atoms with Gasteiger partial charge in [-0.05, 0) is 33.1 Å². The standard InChI is InChI=1S/C15H21N3O4S/c1-8-12(15(21)22)23-14(18-8)9(2)17-11(19)4-3-7-16-13(20)10-5-6-10/h9-10H,3-7H2,1-2H3,(H,16,20)(H,17,19)(H,21,22). The molecule has 1 aliphatic carbocycles. The Morgan fingerprint density at radius 3 is 2.65 bits per heavy atom. The lowest BCUT2D eigenvalue weighted by Crippen LogP contribution is -2.29. The van der Waals surface area contributed by atoms with Crippen LogP contribution in [-0.2, 0) is 9.59 Å². The third-order valence-corrected chi connectivity index (χ3v) is 4.91. The number of carbonyl (C=O) groups is 3. The number of thiazole rings is 1. The first-order valence-electron chi connectivity index (χ1n) is 7.66. The number of carboxylic acid groups (broad SMARTS) is 1. The third-order valence-electron chi connectivity index (χ3n) is 3.58. The van der Waals surface area contributed by atoms with E-state index in [-0.39, 0.29) is 28.7 Å². The summed E-state index contributed by atoms with van der Waals surface area (Å²) in [5, 5.41) is 15.2. The summed E-state index contributed by atoms with van der Waals surface area (Å²) in [7, 11) is 0. The van der Waals surface area contributed by atoms with E-state index < -0.39 is 5.97 Å². The van der Waals surface area contributed by atoms with Gasteiger partial charge in [0, 0.05) is 18.9 Å². The number of aromatic carboxylic acids is 1. The average Bonchev–Trinajstić information content (AvgIpc) is 3.25. The van der Waals surface area contributed by atoms with Crippen molar-refractivity contribution in [3.8, 4) is 0 Å². The van der Waals surface area contributed by atoms with Crippen LogP contribution in [0, 0.1) is 12.8 Å². The lowest BCUT2D eigenvalue weighted by molar-refractivity contribution is -0.123. The van der Waals surface area contributed by atoms with Crippen molar-refractivity contribution in [2.75, 3.05) is 6.54 Å². The fourth-order valence-corrected chi connectivity index (χ4v) is 3.03.